The van der Waals surface area contributed by atoms with Gasteiger partial charge >= 0.3 is 5.97 Å². The highest BCUT2D eigenvalue weighted by Gasteiger charge is 2.26. The van der Waals surface area contributed by atoms with Gasteiger partial charge in [-0.25, -0.2) is 0 Å². The first-order valence-electron chi connectivity index (χ1n) is 6.95. The van der Waals surface area contributed by atoms with Crippen molar-refractivity contribution in [1.82, 2.24) is 10.2 Å². The Morgan fingerprint density at radius 1 is 1.29 bits per heavy atom. The quantitative estimate of drug-likeness (QED) is 0.781. The number of hydrogen-bond acceptors (Lipinski definition) is 3. The Morgan fingerprint density at radius 3 is 2.76 bits per heavy atom. The van der Waals surface area contributed by atoms with Crippen LogP contribution >= 0.6 is 0 Å². The molecule has 1 unspecified atom stereocenters. The van der Waals surface area contributed by atoms with Crippen LogP contribution in [0.4, 0.5) is 0 Å². The highest BCUT2D eigenvalue weighted by Crippen LogP contribution is 2.24. The van der Waals surface area contributed by atoms with Gasteiger partial charge in [-0.2, -0.15) is 0 Å². The summed E-state index contributed by atoms with van der Waals surface area (Å²) in [5.74, 6) is -0.677. The molecule has 1 aliphatic carbocycles. The number of rotatable bonds is 4. The van der Waals surface area contributed by atoms with Crippen LogP contribution in [0.25, 0.3) is 0 Å². The number of nitrogens with one attached hydrogen (secondary N) is 1. The Morgan fingerprint density at radius 2 is 2.06 bits per heavy atom. The van der Waals surface area contributed by atoms with E-state index in [4.69, 9.17) is 5.11 Å². The van der Waals surface area contributed by atoms with Gasteiger partial charge in [0.15, 0.2) is 0 Å². The lowest BCUT2D eigenvalue weighted by molar-refractivity contribution is -0.137. The molecule has 0 aromatic carbocycles. The van der Waals surface area contributed by atoms with Crippen LogP contribution in [0.15, 0.2) is 0 Å². The number of hydrogen-bond donors (Lipinski definition) is 2. The molecule has 1 saturated heterocycles. The monoisotopic (exact) mass is 240 g/mol. The van der Waals surface area contributed by atoms with Crippen molar-refractivity contribution in [2.75, 3.05) is 19.6 Å². The van der Waals surface area contributed by atoms with Crippen LogP contribution in [-0.2, 0) is 4.79 Å². The van der Waals surface area contributed by atoms with Gasteiger partial charge in [0.05, 0.1) is 0 Å². The van der Waals surface area contributed by atoms with Crippen LogP contribution in [0.3, 0.4) is 0 Å². The highest BCUT2D eigenvalue weighted by molar-refractivity contribution is 5.66. The first-order valence-corrected chi connectivity index (χ1v) is 6.95. The van der Waals surface area contributed by atoms with E-state index in [0.29, 0.717) is 6.04 Å². The van der Waals surface area contributed by atoms with Crippen molar-refractivity contribution in [3.63, 3.8) is 0 Å². The Balaban J connectivity index is 1.83. The molecule has 2 N–H and O–H groups in total. The van der Waals surface area contributed by atoms with Gasteiger partial charge < -0.3 is 10.4 Å². The Bertz CT molecular complexity index is 252. The van der Waals surface area contributed by atoms with E-state index in [2.05, 4.69) is 10.2 Å². The fraction of sp³-hybridized carbons (Fsp3) is 0.923. The van der Waals surface area contributed by atoms with Gasteiger partial charge in [0.1, 0.15) is 0 Å². The smallest absolute Gasteiger partial charge is 0.303 e. The van der Waals surface area contributed by atoms with E-state index in [0.717, 1.165) is 25.6 Å². The van der Waals surface area contributed by atoms with Gasteiger partial charge in [-0.1, -0.05) is 12.8 Å². The lowest BCUT2D eigenvalue weighted by Gasteiger charge is -2.29. The first kappa shape index (κ1) is 12.8. The van der Waals surface area contributed by atoms with Crippen LogP contribution in [0.1, 0.15) is 44.9 Å². The third-order valence-electron chi connectivity index (χ3n) is 4.06. The second kappa shape index (κ2) is 6.36. The molecule has 4 heteroatoms. The molecule has 2 aliphatic rings. The summed E-state index contributed by atoms with van der Waals surface area (Å²) in [5, 5.41) is 12.2. The molecule has 1 heterocycles. The normalized spacial score (nSPS) is 28.1. The van der Waals surface area contributed by atoms with E-state index in [9.17, 15) is 4.79 Å². The molecule has 0 spiro atoms. The molecular weight excluding hydrogens is 216 g/mol. The zero-order valence-corrected chi connectivity index (χ0v) is 10.5. The van der Waals surface area contributed by atoms with Gasteiger partial charge in [0.2, 0.25) is 0 Å². The minimum Gasteiger partial charge on any atom is -0.481 e. The number of carboxylic acids is 1. The van der Waals surface area contributed by atoms with E-state index < -0.39 is 5.97 Å². The van der Waals surface area contributed by atoms with E-state index >= 15 is 0 Å². The highest BCUT2D eigenvalue weighted by atomic mass is 16.4. The molecule has 2 fully saturated rings. The summed E-state index contributed by atoms with van der Waals surface area (Å²) in [4.78, 5) is 13.2. The third kappa shape index (κ3) is 3.96. The summed E-state index contributed by atoms with van der Waals surface area (Å²) in [6, 6.07) is 1.14. The van der Waals surface area contributed by atoms with Gasteiger partial charge in [-0.05, 0) is 38.8 Å². The fourth-order valence-electron chi connectivity index (χ4n) is 3.12. The van der Waals surface area contributed by atoms with E-state index in [-0.39, 0.29) is 6.42 Å². The van der Waals surface area contributed by atoms with Gasteiger partial charge in [0.25, 0.3) is 0 Å². The van der Waals surface area contributed by atoms with E-state index in [1.165, 1.54) is 38.6 Å². The largest absolute Gasteiger partial charge is 0.481 e. The van der Waals surface area contributed by atoms with Crippen LogP contribution < -0.4 is 5.32 Å². The molecule has 0 bridgehead atoms. The average molecular weight is 240 g/mol. The first-order chi connectivity index (χ1) is 8.25. The lowest BCUT2D eigenvalue weighted by Crippen LogP contribution is -2.42. The van der Waals surface area contributed by atoms with Gasteiger partial charge in [-0.3, -0.25) is 9.69 Å². The summed E-state index contributed by atoms with van der Waals surface area (Å²) in [6.07, 6.45) is 7.66. The van der Waals surface area contributed by atoms with Crippen LogP contribution in [0.5, 0.6) is 0 Å². The Labute approximate surface area is 103 Å². The van der Waals surface area contributed by atoms with Crippen molar-refractivity contribution >= 4 is 5.97 Å². The second-order valence-electron chi connectivity index (χ2n) is 5.37. The second-order valence-corrected chi connectivity index (χ2v) is 5.37. The summed E-state index contributed by atoms with van der Waals surface area (Å²) >= 11 is 0. The van der Waals surface area contributed by atoms with Crippen molar-refractivity contribution in [3.05, 3.63) is 0 Å². The number of carbonyl (C=O) groups is 1. The fourth-order valence-corrected chi connectivity index (χ4v) is 3.12. The molecular formula is C13H24N2O2. The molecule has 0 amide bonds. The van der Waals surface area contributed by atoms with Crippen LogP contribution in [-0.4, -0.2) is 47.7 Å². The third-order valence-corrected chi connectivity index (χ3v) is 4.06. The molecule has 17 heavy (non-hydrogen) atoms. The summed E-state index contributed by atoms with van der Waals surface area (Å²) < 4.78 is 0. The van der Waals surface area contributed by atoms with E-state index in [1.54, 1.807) is 0 Å². The minimum atomic E-state index is -0.677. The van der Waals surface area contributed by atoms with Crippen molar-refractivity contribution < 1.29 is 9.90 Å². The predicted molar refractivity (Wildman–Crippen MR) is 67.1 cm³/mol. The topological polar surface area (TPSA) is 52.6 Å². The predicted octanol–water partition coefficient (Wildman–Crippen LogP) is 1.46. The van der Waals surface area contributed by atoms with Crippen LogP contribution in [0.2, 0.25) is 0 Å². The number of carboxylic acid groups (broad SMARTS) is 1. The Hall–Kier alpha value is -0.610. The molecule has 1 saturated carbocycles. The van der Waals surface area contributed by atoms with Gasteiger partial charge in [-0.15, -0.1) is 0 Å². The molecule has 98 valence electrons. The standard InChI is InChI=1S/C13H24N2O2/c16-13(17)7-6-11-10-15(9-3-8-14-11)12-4-1-2-5-12/h11-12,14H,1-10H2,(H,16,17). The summed E-state index contributed by atoms with van der Waals surface area (Å²) in [6.45, 7) is 3.26. The zero-order chi connectivity index (χ0) is 12.1. The average Bonchev–Trinajstić information content (AvgIpc) is 2.73. The Kier molecular flexibility index (Phi) is 4.80. The molecule has 1 atom stereocenters. The maximum absolute atomic E-state index is 10.6. The molecule has 0 radical (unpaired) electrons. The van der Waals surface area contributed by atoms with Crippen molar-refractivity contribution in [1.29, 1.82) is 0 Å². The van der Waals surface area contributed by atoms with E-state index in [1.807, 2.05) is 0 Å². The maximum atomic E-state index is 10.6. The van der Waals surface area contributed by atoms with Gasteiger partial charge in [0, 0.05) is 25.0 Å². The number of nitrogens with zero attached hydrogens (tertiary/aromatic N) is 1. The molecule has 2 rings (SSSR count). The molecule has 4 nitrogen and oxygen atoms in total. The van der Waals surface area contributed by atoms with Crippen molar-refractivity contribution in [3.8, 4) is 0 Å². The lowest BCUT2D eigenvalue weighted by atomic mass is 10.1. The van der Waals surface area contributed by atoms with Crippen LogP contribution in [0, 0.1) is 0 Å². The minimum absolute atomic E-state index is 0.288. The summed E-state index contributed by atoms with van der Waals surface area (Å²) in [7, 11) is 0. The van der Waals surface area contributed by atoms with Crippen molar-refractivity contribution in [2.24, 2.45) is 0 Å². The summed E-state index contributed by atoms with van der Waals surface area (Å²) in [5.41, 5.74) is 0. The molecule has 0 aromatic heterocycles. The maximum Gasteiger partial charge on any atom is 0.303 e. The SMILES string of the molecule is O=C(O)CCC1CN(C2CCCC2)CCCN1. The zero-order valence-electron chi connectivity index (χ0n) is 10.5. The molecule has 1 aliphatic heterocycles. The molecule has 0 aromatic rings. The van der Waals surface area contributed by atoms with Crippen molar-refractivity contribution in [2.45, 2.75) is 57.0 Å². The number of aliphatic carboxylic acids is 1.